The molecule has 0 N–H and O–H groups in total. The fourth-order valence-corrected chi connectivity index (χ4v) is 4.90. The monoisotopic (exact) mass is 308 g/mol. The van der Waals surface area contributed by atoms with Crippen molar-refractivity contribution in [3.63, 3.8) is 0 Å². The summed E-state index contributed by atoms with van der Waals surface area (Å²) in [6.45, 7) is 9.61. The molecule has 2 saturated heterocycles. The molecule has 2 fully saturated rings. The van der Waals surface area contributed by atoms with Crippen LogP contribution in [0.1, 0.15) is 35.1 Å². The summed E-state index contributed by atoms with van der Waals surface area (Å²) in [7, 11) is 0. The maximum Gasteiger partial charge on any atom is 0.255 e. The number of aromatic nitrogens is 1. The summed E-state index contributed by atoms with van der Waals surface area (Å²) in [5, 5.41) is 0.450. The van der Waals surface area contributed by atoms with Gasteiger partial charge in [0.25, 0.3) is 5.91 Å². The lowest BCUT2D eigenvalue weighted by Crippen LogP contribution is -2.54. The molecule has 0 aliphatic carbocycles. The van der Waals surface area contributed by atoms with Gasteiger partial charge < -0.3 is 14.2 Å². The minimum atomic E-state index is 0.208. The molecule has 5 heteroatoms. The summed E-state index contributed by atoms with van der Waals surface area (Å²) in [5.41, 5.74) is 3.15. The number of rotatable bonds is 2. The minimum absolute atomic E-state index is 0.208. The summed E-state index contributed by atoms with van der Waals surface area (Å²) in [6, 6.07) is 2.40. The number of carbonyl (C=O) groups excluding carboxylic acids is 1. The van der Waals surface area contributed by atoms with E-state index in [0.717, 1.165) is 49.7 Å². The highest BCUT2D eigenvalue weighted by molar-refractivity contribution is 8.00. The van der Waals surface area contributed by atoms with Crippen LogP contribution < -0.4 is 0 Å². The van der Waals surface area contributed by atoms with Crippen molar-refractivity contribution in [3.8, 4) is 0 Å². The number of hydrogen-bond acceptors (Lipinski definition) is 3. The molecule has 0 spiro atoms. The van der Waals surface area contributed by atoms with Crippen molar-refractivity contribution in [2.75, 3.05) is 25.5 Å². The number of fused-ring (bicyclic) bond motifs is 1. The molecule has 3 rings (SSSR count). The van der Waals surface area contributed by atoms with Crippen LogP contribution in [0.25, 0.3) is 0 Å². The molecule has 1 amide bonds. The molecular formula is C16H24N2O2S. The van der Waals surface area contributed by atoms with Gasteiger partial charge in [-0.05, 0) is 33.3 Å². The number of hydrogen-bond donors (Lipinski definition) is 0. The van der Waals surface area contributed by atoms with Crippen molar-refractivity contribution < 1.29 is 9.53 Å². The molecular weight excluding hydrogens is 284 g/mol. The maximum atomic E-state index is 13.0. The Labute approximate surface area is 130 Å². The summed E-state index contributed by atoms with van der Waals surface area (Å²) in [5.74, 6) is 1.22. The van der Waals surface area contributed by atoms with Crippen LogP contribution in [0.4, 0.5) is 0 Å². The van der Waals surface area contributed by atoms with Crippen LogP contribution in [0.5, 0.6) is 0 Å². The molecule has 0 radical (unpaired) electrons. The number of aryl methyl sites for hydroxylation is 1. The van der Waals surface area contributed by atoms with Crippen LogP contribution in [0, 0.1) is 13.8 Å². The third-order valence-electron chi connectivity index (χ3n) is 4.71. The SMILES string of the molecule is CCn1c(C)cc(C(=O)N2CCS[C@@H]3COCC[C@H]32)c1C. The molecule has 0 bridgehead atoms. The predicted molar refractivity (Wildman–Crippen MR) is 86.1 cm³/mol. The van der Waals surface area contributed by atoms with Crippen LogP contribution in [-0.4, -0.2) is 52.2 Å². The van der Waals surface area contributed by atoms with Crippen LogP contribution >= 0.6 is 11.8 Å². The molecule has 21 heavy (non-hydrogen) atoms. The maximum absolute atomic E-state index is 13.0. The zero-order chi connectivity index (χ0) is 15.0. The van der Waals surface area contributed by atoms with Gasteiger partial charge in [-0.1, -0.05) is 0 Å². The fraction of sp³-hybridized carbons (Fsp3) is 0.688. The summed E-state index contributed by atoms with van der Waals surface area (Å²) in [6.07, 6.45) is 0.968. The molecule has 3 heterocycles. The first kappa shape index (κ1) is 15.0. The van der Waals surface area contributed by atoms with Gasteiger partial charge in [0.2, 0.25) is 0 Å². The van der Waals surface area contributed by atoms with E-state index in [9.17, 15) is 4.79 Å². The fourth-order valence-electron chi connectivity index (χ4n) is 3.60. The Morgan fingerprint density at radius 2 is 2.29 bits per heavy atom. The number of ether oxygens (including phenoxy) is 1. The van der Waals surface area contributed by atoms with Crippen molar-refractivity contribution in [2.24, 2.45) is 0 Å². The quantitative estimate of drug-likeness (QED) is 0.842. The van der Waals surface area contributed by atoms with E-state index in [4.69, 9.17) is 4.74 Å². The Bertz CT molecular complexity index is 539. The Balaban J connectivity index is 1.87. The van der Waals surface area contributed by atoms with Crippen LogP contribution in [0.2, 0.25) is 0 Å². The molecule has 4 nitrogen and oxygen atoms in total. The highest BCUT2D eigenvalue weighted by Gasteiger charge is 2.37. The van der Waals surface area contributed by atoms with Gasteiger partial charge in [-0.25, -0.2) is 0 Å². The third kappa shape index (κ3) is 2.61. The van der Waals surface area contributed by atoms with Crippen LogP contribution in [-0.2, 0) is 11.3 Å². The summed E-state index contributed by atoms with van der Waals surface area (Å²) >= 11 is 1.96. The third-order valence-corrected chi connectivity index (χ3v) is 6.01. The van der Waals surface area contributed by atoms with Crippen LogP contribution in [0.3, 0.4) is 0 Å². The van der Waals surface area contributed by atoms with E-state index in [0.29, 0.717) is 11.3 Å². The van der Waals surface area contributed by atoms with Gasteiger partial charge in [0, 0.05) is 48.1 Å². The molecule has 1 aromatic rings. The highest BCUT2D eigenvalue weighted by atomic mass is 32.2. The topological polar surface area (TPSA) is 34.5 Å². The molecule has 0 aromatic carbocycles. The Morgan fingerprint density at radius 1 is 1.48 bits per heavy atom. The lowest BCUT2D eigenvalue weighted by Gasteiger charge is -2.43. The van der Waals surface area contributed by atoms with E-state index in [-0.39, 0.29) is 5.91 Å². The van der Waals surface area contributed by atoms with Crippen LogP contribution in [0.15, 0.2) is 6.07 Å². The Hall–Kier alpha value is -0.940. The van der Waals surface area contributed by atoms with E-state index < -0.39 is 0 Å². The second-order valence-electron chi connectivity index (χ2n) is 5.87. The number of carbonyl (C=O) groups is 1. The smallest absolute Gasteiger partial charge is 0.255 e. The van der Waals surface area contributed by atoms with Crippen molar-refractivity contribution >= 4 is 17.7 Å². The van der Waals surface area contributed by atoms with Gasteiger partial charge in [-0.3, -0.25) is 4.79 Å². The summed E-state index contributed by atoms with van der Waals surface area (Å²) < 4.78 is 7.79. The van der Waals surface area contributed by atoms with E-state index in [1.165, 1.54) is 5.69 Å². The van der Waals surface area contributed by atoms with Gasteiger partial charge >= 0.3 is 0 Å². The van der Waals surface area contributed by atoms with Gasteiger partial charge in [-0.2, -0.15) is 11.8 Å². The summed E-state index contributed by atoms with van der Waals surface area (Å²) in [4.78, 5) is 15.1. The van der Waals surface area contributed by atoms with E-state index >= 15 is 0 Å². The van der Waals surface area contributed by atoms with Crippen molar-refractivity contribution in [3.05, 3.63) is 23.0 Å². The van der Waals surface area contributed by atoms with E-state index in [1.54, 1.807) is 0 Å². The first-order chi connectivity index (χ1) is 10.1. The van der Waals surface area contributed by atoms with E-state index in [2.05, 4.69) is 36.3 Å². The van der Waals surface area contributed by atoms with Crippen molar-refractivity contribution in [1.29, 1.82) is 0 Å². The standard InChI is InChI=1S/C16H24N2O2S/c1-4-17-11(2)9-13(12(17)3)16(19)18-6-8-21-15-10-20-7-5-14(15)18/h9,14-15H,4-8,10H2,1-3H3/t14-,15-/m1/s1. The first-order valence-corrected chi connectivity index (χ1v) is 8.85. The molecule has 1 aromatic heterocycles. The molecule has 116 valence electrons. The zero-order valence-corrected chi connectivity index (χ0v) is 13.9. The average molecular weight is 308 g/mol. The average Bonchev–Trinajstić information content (AvgIpc) is 2.80. The largest absolute Gasteiger partial charge is 0.380 e. The highest BCUT2D eigenvalue weighted by Crippen LogP contribution is 2.31. The molecule has 2 aliphatic heterocycles. The zero-order valence-electron chi connectivity index (χ0n) is 13.1. The van der Waals surface area contributed by atoms with Gasteiger partial charge in [0.15, 0.2) is 0 Å². The normalized spacial score (nSPS) is 25.8. The number of amides is 1. The molecule has 0 saturated carbocycles. The second-order valence-corrected chi connectivity index (χ2v) is 7.21. The second kappa shape index (κ2) is 6.05. The molecule has 2 aliphatic rings. The minimum Gasteiger partial charge on any atom is -0.380 e. The Morgan fingerprint density at radius 3 is 3.00 bits per heavy atom. The predicted octanol–water partition coefficient (Wildman–Crippen LogP) is 2.47. The van der Waals surface area contributed by atoms with E-state index in [1.807, 2.05) is 11.8 Å². The van der Waals surface area contributed by atoms with Crippen molar-refractivity contribution in [1.82, 2.24) is 9.47 Å². The van der Waals surface area contributed by atoms with Gasteiger partial charge in [-0.15, -0.1) is 0 Å². The van der Waals surface area contributed by atoms with Gasteiger partial charge in [0.05, 0.1) is 12.2 Å². The van der Waals surface area contributed by atoms with Crippen molar-refractivity contribution in [2.45, 2.75) is 45.0 Å². The number of nitrogens with zero attached hydrogens (tertiary/aromatic N) is 2. The Kier molecular flexibility index (Phi) is 4.31. The number of thioether (sulfide) groups is 1. The molecule has 0 unspecified atom stereocenters. The van der Waals surface area contributed by atoms with Gasteiger partial charge in [0.1, 0.15) is 0 Å². The first-order valence-electron chi connectivity index (χ1n) is 7.80. The molecule has 2 atom stereocenters. The lowest BCUT2D eigenvalue weighted by molar-refractivity contribution is 0.0318. The lowest BCUT2D eigenvalue weighted by atomic mass is 10.0.